The van der Waals surface area contributed by atoms with Gasteiger partial charge in [-0.05, 0) is 37.5 Å². The number of aliphatic hydroxyl groups excluding tert-OH is 1. The van der Waals surface area contributed by atoms with Gasteiger partial charge in [0, 0.05) is 32.7 Å². The molecule has 0 bridgehead atoms. The molecule has 1 heterocycles. The molecule has 1 unspecified atom stereocenters. The molecular formula is C17H24ClFN2O2. The lowest BCUT2D eigenvalue weighted by Crippen LogP contribution is -2.43. The van der Waals surface area contributed by atoms with Crippen LogP contribution in [0.5, 0.6) is 0 Å². The summed E-state index contributed by atoms with van der Waals surface area (Å²) in [6, 6.07) is 3.82. The Morgan fingerprint density at radius 1 is 1.52 bits per heavy atom. The Bertz CT molecular complexity index is 570. The number of nitrogens with zero attached hydrogens (tertiary/aromatic N) is 2. The molecule has 1 aliphatic rings. The van der Waals surface area contributed by atoms with Gasteiger partial charge in [0.05, 0.1) is 16.7 Å². The smallest absolute Gasteiger partial charge is 0.255 e. The van der Waals surface area contributed by atoms with Gasteiger partial charge in [0.1, 0.15) is 5.82 Å². The second-order valence-corrected chi connectivity index (χ2v) is 6.87. The molecule has 1 saturated heterocycles. The first-order chi connectivity index (χ1) is 10.8. The molecule has 0 aromatic heterocycles. The van der Waals surface area contributed by atoms with Crippen LogP contribution in [0.4, 0.5) is 4.39 Å². The summed E-state index contributed by atoms with van der Waals surface area (Å²) in [5, 5.41) is 9.73. The second kappa shape index (κ2) is 7.60. The molecule has 1 N–H and O–H groups in total. The molecule has 6 heteroatoms. The van der Waals surface area contributed by atoms with Crippen molar-refractivity contribution in [2.45, 2.75) is 32.4 Å². The lowest BCUT2D eigenvalue weighted by Gasteiger charge is -2.32. The fraction of sp³-hybridized carbons (Fsp3) is 0.588. The molecule has 128 valence electrons. The minimum absolute atomic E-state index is 0.00126. The molecule has 3 atom stereocenters. The van der Waals surface area contributed by atoms with Crippen molar-refractivity contribution >= 4 is 17.5 Å². The van der Waals surface area contributed by atoms with Crippen LogP contribution in [-0.2, 0) is 0 Å². The number of aliphatic hydroxyl groups is 1. The Kier molecular flexibility index (Phi) is 6.00. The molecule has 1 fully saturated rings. The van der Waals surface area contributed by atoms with Gasteiger partial charge in [-0.25, -0.2) is 4.39 Å². The monoisotopic (exact) mass is 342 g/mol. The van der Waals surface area contributed by atoms with Crippen molar-refractivity contribution in [2.24, 2.45) is 5.92 Å². The maximum absolute atomic E-state index is 13.1. The van der Waals surface area contributed by atoms with E-state index in [-0.39, 0.29) is 29.0 Å². The Morgan fingerprint density at radius 2 is 2.22 bits per heavy atom. The Labute approximate surface area is 141 Å². The third-order valence-corrected chi connectivity index (χ3v) is 5.02. The largest absolute Gasteiger partial charge is 0.392 e. The number of β-amino-alcohol motifs (C(OH)–C–C–N with tert-alkyl or cyclic N) is 1. The van der Waals surface area contributed by atoms with E-state index in [1.165, 1.54) is 12.1 Å². The highest BCUT2D eigenvalue weighted by Crippen LogP contribution is 2.22. The summed E-state index contributed by atoms with van der Waals surface area (Å²) in [5.74, 6) is -0.424. The summed E-state index contributed by atoms with van der Waals surface area (Å²) in [5.41, 5.74) is 0.311. The van der Waals surface area contributed by atoms with Gasteiger partial charge in [-0.1, -0.05) is 18.5 Å². The summed E-state index contributed by atoms with van der Waals surface area (Å²) < 4.78 is 13.1. The van der Waals surface area contributed by atoms with Crippen LogP contribution in [0, 0.1) is 11.7 Å². The molecule has 1 aliphatic heterocycles. The van der Waals surface area contributed by atoms with E-state index in [1.807, 2.05) is 6.92 Å². The Balaban J connectivity index is 2.00. The highest BCUT2D eigenvalue weighted by atomic mass is 35.5. The lowest BCUT2D eigenvalue weighted by molar-refractivity contribution is 0.0674. The van der Waals surface area contributed by atoms with Crippen molar-refractivity contribution in [3.63, 3.8) is 0 Å². The Morgan fingerprint density at radius 3 is 2.78 bits per heavy atom. The number of hydrogen-bond acceptors (Lipinski definition) is 3. The van der Waals surface area contributed by atoms with Crippen molar-refractivity contribution in [3.8, 4) is 0 Å². The number of hydrogen-bond donors (Lipinski definition) is 1. The van der Waals surface area contributed by atoms with Crippen LogP contribution in [-0.4, -0.2) is 59.6 Å². The molecule has 0 radical (unpaired) electrons. The van der Waals surface area contributed by atoms with Crippen LogP contribution < -0.4 is 0 Å². The van der Waals surface area contributed by atoms with Gasteiger partial charge in [0.2, 0.25) is 0 Å². The highest BCUT2D eigenvalue weighted by Gasteiger charge is 2.27. The van der Waals surface area contributed by atoms with Gasteiger partial charge in [-0.15, -0.1) is 0 Å². The van der Waals surface area contributed by atoms with E-state index < -0.39 is 5.82 Å². The van der Waals surface area contributed by atoms with Gasteiger partial charge in [0.15, 0.2) is 0 Å². The van der Waals surface area contributed by atoms with Gasteiger partial charge < -0.3 is 14.9 Å². The SMILES string of the molecule is CC([C@H](C)CN1CC[C@H](O)C1)N(C)C(=O)c1ccc(F)cc1Cl. The van der Waals surface area contributed by atoms with Crippen LogP contribution in [0.25, 0.3) is 0 Å². The van der Waals surface area contributed by atoms with E-state index in [1.54, 1.807) is 11.9 Å². The van der Waals surface area contributed by atoms with E-state index in [2.05, 4.69) is 11.8 Å². The van der Waals surface area contributed by atoms with E-state index in [0.717, 1.165) is 25.6 Å². The van der Waals surface area contributed by atoms with Gasteiger partial charge in [-0.2, -0.15) is 0 Å². The van der Waals surface area contributed by atoms with Crippen LogP contribution in [0.1, 0.15) is 30.6 Å². The summed E-state index contributed by atoms with van der Waals surface area (Å²) in [7, 11) is 1.74. The van der Waals surface area contributed by atoms with Crippen LogP contribution >= 0.6 is 11.6 Å². The van der Waals surface area contributed by atoms with Crippen molar-refractivity contribution < 1.29 is 14.3 Å². The predicted molar refractivity (Wildman–Crippen MR) is 89.2 cm³/mol. The molecule has 1 aromatic rings. The minimum Gasteiger partial charge on any atom is -0.392 e. The average Bonchev–Trinajstić information content (AvgIpc) is 2.90. The topological polar surface area (TPSA) is 43.8 Å². The first-order valence-electron chi connectivity index (χ1n) is 7.92. The van der Waals surface area contributed by atoms with Gasteiger partial charge >= 0.3 is 0 Å². The number of halogens is 2. The van der Waals surface area contributed by atoms with Crippen LogP contribution in [0.2, 0.25) is 5.02 Å². The first-order valence-corrected chi connectivity index (χ1v) is 8.30. The van der Waals surface area contributed by atoms with E-state index in [0.29, 0.717) is 12.1 Å². The van der Waals surface area contributed by atoms with E-state index in [4.69, 9.17) is 11.6 Å². The Hall–Kier alpha value is -1.17. The third-order valence-electron chi connectivity index (χ3n) is 4.71. The first kappa shape index (κ1) is 18.2. The fourth-order valence-electron chi connectivity index (χ4n) is 2.96. The molecule has 0 saturated carbocycles. The molecule has 23 heavy (non-hydrogen) atoms. The maximum atomic E-state index is 13.1. The molecule has 2 rings (SSSR count). The number of rotatable bonds is 5. The van der Waals surface area contributed by atoms with E-state index in [9.17, 15) is 14.3 Å². The summed E-state index contributed by atoms with van der Waals surface area (Å²) in [6.07, 6.45) is 0.566. The number of carbonyl (C=O) groups excluding carboxylic acids is 1. The van der Waals surface area contributed by atoms with Crippen LogP contribution in [0.3, 0.4) is 0 Å². The summed E-state index contributed by atoms with van der Waals surface area (Å²) in [4.78, 5) is 16.4. The fourth-order valence-corrected chi connectivity index (χ4v) is 3.21. The molecule has 1 aromatic carbocycles. The molecule has 0 aliphatic carbocycles. The molecular weight excluding hydrogens is 319 g/mol. The highest BCUT2D eigenvalue weighted by molar-refractivity contribution is 6.33. The normalized spacial score (nSPS) is 21.2. The van der Waals surface area contributed by atoms with Gasteiger partial charge in [-0.3, -0.25) is 4.79 Å². The zero-order chi connectivity index (χ0) is 17.1. The number of benzene rings is 1. The summed E-state index contributed by atoms with van der Waals surface area (Å²) in [6.45, 7) is 6.49. The number of amides is 1. The minimum atomic E-state index is -0.455. The standard InChI is InChI=1S/C17H24ClFN2O2/c1-11(9-21-7-6-14(22)10-21)12(2)20(3)17(23)15-5-4-13(19)8-16(15)18/h4-5,8,11-12,14,22H,6-7,9-10H2,1-3H3/t11-,12?,14+/m1/s1. The average molecular weight is 343 g/mol. The second-order valence-electron chi connectivity index (χ2n) is 6.46. The quantitative estimate of drug-likeness (QED) is 0.894. The molecule has 0 spiro atoms. The van der Waals surface area contributed by atoms with Crippen molar-refractivity contribution in [3.05, 3.63) is 34.6 Å². The van der Waals surface area contributed by atoms with Crippen molar-refractivity contribution in [2.75, 3.05) is 26.7 Å². The predicted octanol–water partition coefficient (Wildman–Crippen LogP) is 2.64. The van der Waals surface area contributed by atoms with E-state index >= 15 is 0 Å². The molecule has 4 nitrogen and oxygen atoms in total. The summed E-state index contributed by atoms with van der Waals surface area (Å²) >= 11 is 5.98. The maximum Gasteiger partial charge on any atom is 0.255 e. The molecule has 1 amide bonds. The number of carbonyl (C=O) groups is 1. The van der Waals surface area contributed by atoms with Crippen LogP contribution in [0.15, 0.2) is 18.2 Å². The van der Waals surface area contributed by atoms with Gasteiger partial charge in [0.25, 0.3) is 5.91 Å². The van der Waals surface area contributed by atoms with Crippen molar-refractivity contribution in [1.82, 2.24) is 9.80 Å². The number of likely N-dealkylation sites (tertiary alicyclic amines) is 1. The zero-order valence-electron chi connectivity index (χ0n) is 13.8. The zero-order valence-corrected chi connectivity index (χ0v) is 14.6. The van der Waals surface area contributed by atoms with Crippen molar-refractivity contribution in [1.29, 1.82) is 0 Å². The lowest BCUT2D eigenvalue weighted by atomic mass is 10.0. The third kappa shape index (κ3) is 4.43.